The molecular formula is C23H23NSi. The van der Waals surface area contributed by atoms with E-state index >= 15 is 0 Å². The van der Waals surface area contributed by atoms with Gasteiger partial charge in [0, 0.05) is 11.4 Å². The Morgan fingerprint density at radius 2 is 1.24 bits per heavy atom. The Kier molecular flexibility index (Phi) is 5.41. The zero-order valence-electron chi connectivity index (χ0n) is 14.8. The summed E-state index contributed by atoms with van der Waals surface area (Å²) < 4.78 is 0. The quantitative estimate of drug-likeness (QED) is 0.384. The maximum absolute atomic E-state index is 4.53. The predicted molar refractivity (Wildman–Crippen MR) is 112 cm³/mol. The molecule has 0 aromatic heterocycles. The summed E-state index contributed by atoms with van der Waals surface area (Å²) in [6.45, 7) is 7.87. The molecule has 0 unspecified atom stereocenters. The first-order valence-electron chi connectivity index (χ1n) is 8.56. The smallest absolute Gasteiger partial charge is 0.132 e. The lowest BCUT2D eigenvalue weighted by atomic mass is 10.1. The summed E-state index contributed by atoms with van der Waals surface area (Å²) in [5.74, 6) is 0. The molecule has 2 heteroatoms. The standard InChI is InChI=1S/C23H23NSi/c1-18(2)24-19(3)20-11-10-16-23(17-20)25(21-12-6-4-7-13-21)22-14-8-5-9-15-22/h4-17,25H,1H2,2-3H3/b24-19+. The van der Waals surface area contributed by atoms with Crippen LogP contribution in [0.2, 0.25) is 0 Å². The third kappa shape index (κ3) is 4.23. The first-order chi connectivity index (χ1) is 12.1. The summed E-state index contributed by atoms with van der Waals surface area (Å²) in [5.41, 5.74) is 3.02. The first kappa shape index (κ1) is 17.1. The number of hydrogen-bond donors (Lipinski definition) is 0. The Bertz CT molecular complexity index is 843. The van der Waals surface area contributed by atoms with E-state index in [2.05, 4.69) is 103 Å². The van der Waals surface area contributed by atoms with Gasteiger partial charge in [0.25, 0.3) is 0 Å². The van der Waals surface area contributed by atoms with Crippen molar-refractivity contribution in [3.63, 3.8) is 0 Å². The highest BCUT2D eigenvalue weighted by molar-refractivity contribution is 6.95. The van der Waals surface area contributed by atoms with Crippen molar-refractivity contribution in [2.75, 3.05) is 0 Å². The van der Waals surface area contributed by atoms with E-state index in [0.29, 0.717) is 0 Å². The highest BCUT2D eigenvalue weighted by Crippen LogP contribution is 2.04. The molecule has 0 atom stereocenters. The van der Waals surface area contributed by atoms with Gasteiger partial charge in [-0.3, -0.25) is 4.99 Å². The van der Waals surface area contributed by atoms with Gasteiger partial charge in [0.2, 0.25) is 0 Å². The van der Waals surface area contributed by atoms with E-state index in [-0.39, 0.29) is 0 Å². The van der Waals surface area contributed by atoms with Crippen LogP contribution in [0.1, 0.15) is 19.4 Å². The van der Waals surface area contributed by atoms with Gasteiger partial charge in [-0.1, -0.05) is 107 Å². The lowest BCUT2D eigenvalue weighted by Gasteiger charge is -2.18. The molecule has 3 aromatic rings. The molecular weight excluding hydrogens is 318 g/mol. The molecule has 0 amide bonds. The zero-order chi connectivity index (χ0) is 17.6. The summed E-state index contributed by atoms with van der Waals surface area (Å²) in [6, 6.07) is 30.6. The van der Waals surface area contributed by atoms with Crippen molar-refractivity contribution in [2.45, 2.75) is 13.8 Å². The van der Waals surface area contributed by atoms with E-state index in [1.165, 1.54) is 21.1 Å². The molecule has 0 saturated heterocycles. The van der Waals surface area contributed by atoms with E-state index < -0.39 is 8.80 Å². The summed E-state index contributed by atoms with van der Waals surface area (Å²) >= 11 is 0. The molecule has 0 bridgehead atoms. The Hall–Kier alpha value is -2.71. The third-order valence-corrected chi connectivity index (χ3v) is 7.39. The van der Waals surface area contributed by atoms with Crippen molar-refractivity contribution in [1.29, 1.82) is 0 Å². The fourth-order valence-corrected chi connectivity index (χ4v) is 6.18. The van der Waals surface area contributed by atoms with E-state index in [4.69, 9.17) is 0 Å². The van der Waals surface area contributed by atoms with Gasteiger partial charge in [-0.2, -0.15) is 0 Å². The van der Waals surface area contributed by atoms with Crippen LogP contribution in [0.25, 0.3) is 0 Å². The van der Waals surface area contributed by atoms with Gasteiger partial charge >= 0.3 is 0 Å². The van der Waals surface area contributed by atoms with Gasteiger partial charge in [-0.25, -0.2) is 0 Å². The summed E-state index contributed by atoms with van der Waals surface area (Å²) in [7, 11) is -1.49. The maximum atomic E-state index is 4.53. The molecule has 0 aliphatic carbocycles. The number of rotatable bonds is 5. The molecule has 3 rings (SSSR count). The van der Waals surface area contributed by atoms with Gasteiger partial charge in [-0.05, 0) is 19.4 Å². The van der Waals surface area contributed by atoms with E-state index in [1.54, 1.807) is 0 Å². The second-order valence-electron chi connectivity index (χ2n) is 6.31. The van der Waals surface area contributed by atoms with Gasteiger partial charge in [0.05, 0.1) is 0 Å². The van der Waals surface area contributed by atoms with Crippen LogP contribution in [0, 0.1) is 0 Å². The molecule has 0 aliphatic heterocycles. The Balaban J connectivity index is 2.10. The zero-order valence-corrected chi connectivity index (χ0v) is 16.0. The van der Waals surface area contributed by atoms with Crippen molar-refractivity contribution in [3.05, 3.63) is 103 Å². The lowest BCUT2D eigenvalue weighted by Crippen LogP contribution is -2.52. The monoisotopic (exact) mass is 341 g/mol. The van der Waals surface area contributed by atoms with Crippen molar-refractivity contribution in [1.82, 2.24) is 0 Å². The largest absolute Gasteiger partial charge is 0.258 e. The minimum absolute atomic E-state index is 0.836. The van der Waals surface area contributed by atoms with E-state index in [0.717, 1.165) is 11.4 Å². The molecule has 3 aromatic carbocycles. The average Bonchev–Trinajstić information content (AvgIpc) is 2.63. The predicted octanol–water partition coefficient (Wildman–Crippen LogP) is 3.28. The summed E-state index contributed by atoms with van der Waals surface area (Å²) in [6.07, 6.45) is 0. The van der Waals surface area contributed by atoms with Crippen molar-refractivity contribution in [2.24, 2.45) is 4.99 Å². The molecule has 0 spiro atoms. The van der Waals surface area contributed by atoms with Crippen LogP contribution in [-0.2, 0) is 0 Å². The van der Waals surface area contributed by atoms with Crippen LogP contribution in [0.3, 0.4) is 0 Å². The molecule has 25 heavy (non-hydrogen) atoms. The number of nitrogens with zero attached hydrogens (tertiary/aromatic N) is 1. The minimum atomic E-state index is -1.49. The highest BCUT2D eigenvalue weighted by Gasteiger charge is 2.18. The summed E-state index contributed by atoms with van der Waals surface area (Å²) in [5, 5.41) is 4.27. The van der Waals surface area contributed by atoms with Crippen LogP contribution < -0.4 is 15.6 Å². The SMILES string of the molecule is C=C(C)/N=C(\C)c1cccc([SiH](c2ccccc2)c2ccccc2)c1. The van der Waals surface area contributed by atoms with Crippen molar-refractivity contribution in [3.8, 4) is 0 Å². The molecule has 124 valence electrons. The first-order valence-corrected chi connectivity index (χ1v) is 10.3. The molecule has 0 radical (unpaired) electrons. The van der Waals surface area contributed by atoms with Crippen LogP contribution >= 0.6 is 0 Å². The van der Waals surface area contributed by atoms with E-state index in [1.807, 2.05) is 6.92 Å². The number of aliphatic imine (C=N–C) groups is 1. The van der Waals surface area contributed by atoms with Crippen molar-refractivity contribution >= 4 is 30.1 Å². The molecule has 0 saturated carbocycles. The Morgan fingerprint density at radius 1 is 0.720 bits per heavy atom. The van der Waals surface area contributed by atoms with Crippen LogP contribution in [0.15, 0.2) is 102 Å². The molecule has 0 fully saturated rings. The molecule has 0 heterocycles. The topological polar surface area (TPSA) is 12.4 Å². The second kappa shape index (κ2) is 7.91. The number of benzene rings is 3. The number of hydrogen-bond acceptors (Lipinski definition) is 1. The average molecular weight is 342 g/mol. The third-order valence-electron chi connectivity index (χ3n) is 4.26. The second-order valence-corrected chi connectivity index (χ2v) is 9.18. The van der Waals surface area contributed by atoms with Crippen LogP contribution in [0.5, 0.6) is 0 Å². The van der Waals surface area contributed by atoms with Crippen molar-refractivity contribution < 1.29 is 0 Å². The van der Waals surface area contributed by atoms with Gasteiger partial charge in [0.1, 0.15) is 8.80 Å². The highest BCUT2D eigenvalue weighted by atomic mass is 28.3. The number of allylic oxidation sites excluding steroid dienone is 1. The van der Waals surface area contributed by atoms with Gasteiger partial charge in [0.15, 0.2) is 0 Å². The van der Waals surface area contributed by atoms with Crippen LogP contribution in [-0.4, -0.2) is 14.5 Å². The fraction of sp³-hybridized carbons (Fsp3) is 0.0870. The van der Waals surface area contributed by atoms with Gasteiger partial charge < -0.3 is 0 Å². The molecule has 0 aliphatic rings. The Labute approximate surface area is 152 Å². The maximum Gasteiger partial charge on any atom is 0.132 e. The van der Waals surface area contributed by atoms with Crippen LogP contribution in [0.4, 0.5) is 0 Å². The summed E-state index contributed by atoms with van der Waals surface area (Å²) in [4.78, 5) is 4.53. The normalized spacial score (nSPS) is 11.6. The molecule has 0 N–H and O–H groups in total. The van der Waals surface area contributed by atoms with E-state index in [9.17, 15) is 0 Å². The molecule has 1 nitrogen and oxygen atoms in total. The minimum Gasteiger partial charge on any atom is -0.258 e. The Morgan fingerprint density at radius 3 is 1.76 bits per heavy atom. The fourth-order valence-electron chi connectivity index (χ4n) is 3.16. The lowest BCUT2D eigenvalue weighted by molar-refractivity contribution is 1.31. The van der Waals surface area contributed by atoms with Gasteiger partial charge in [-0.15, -0.1) is 0 Å².